The van der Waals surface area contributed by atoms with Gasteiger partial charge in [0.1, 0.15) is 12.0 Å². The van der Waals surface area contributed by atoms with Crippen LogP contribution in [-0.2, 0) is 4.84 Å². The van der Waals surface area contributed by atoms with Crippen LogP contribution >= 0.6 is 0 Å². The predicted octanol–water partition coefficient (Wildman–Crippen LogP) is -0.155. The molecule has 9 heavy (non-hydrogen) atoms. The molecule has 2 aliphatic heterocycles. The van der Waals surface area contributed by atoms with Crippen LogP contribution in [0.2, 0.25) is 0 Å². The molecule has 0 amide bonds. The van der Waals surface area contributed by atoms with Crippen LogP contribution in [0, 0.1) is 0 Å². The molecule has 0 radical (unpaired) electrons. The van der Waals surface area contributed by atoms with Crippen LogP contribution in [0.4, 0.5) is 0 Å². The zero-order chi connectivity index (χ0) is 6.10. The number of rotatable bonds is 0. The van der Waals surface area contributed by atoms with Crippen molar-refractivity contribution in [1.29, 1.82) is 0 Å². The van der Waals surface area contributed by atoms with Crippen molar-refractivity contribution in [2.75, 3.05) is 6.54 Å². The fourth-order valence-corrected chi connectivity index (χ4v) is 0.732. The molecule has 2 heterocycles. The summed E-state index contributed by atoms with van der Waals surface area (Å²) in [5, 5.41) is 0. The molecule has 0 saturated carbocycles. The van der Waals surface area contributed by atoms with E-state index in [1.807, 2.05) is 6.08 Å². The van der Waals surface area contributed by atoms with Gasteiger partial charge in [0.2, 0.25) is 0 Å². The summed E-state index contributed by atoms with van der Waals surface area (Å²) in [5.74, 6) is 0.571. The first kappa shape index (κ1) is 4.69. The Morgan fingerprint density at radius 2 is 2.67 bits per heavy atom. The fraction of sp³-hybridized carbons (Fsp3) is 0.200. The lowest BCUT2D eigenvalue weighted by Crippen LogP contribution is -2.24. The molecule has 0 aliphatic carbocycles. The standard InChI is InChI=1S/C5H5N3O/c1-2-8-9-5-4(1)6-3-7-5/h1,3,8H,2H2. The molecular weight excluding hydrogens is 118 g/mol. The molecule has 46 valence electrons. The van der Waals surface area contributed by atoms with Gasteiger partial charge < -0.3 is 4.84 Å². The monoisotopic (exact) mass is 123 g/mol. The first-order chi connectivity index (χ1) is 4.47. The van der Waals surface area contributed by atoms with Crippen molar-refractivity contribution in [3.8, 4) is 0 Å². The van der Waals surface area contributed by atoms with E-state index in [4.69, 9.17) is 4.84 Å². The first-order valence-electron chi connectivity index (χ1n) is 2.67. The Morgan fingerprint density at radius 3 is 3.56 bits per heavy atom. The summed E-state index contributed by atoms with van der Waals surface area (Å²) < 4.78 is 0. The summed E-state index contributed by atoms with van der Waals surface area (Å²) in [7, 11) is 0. The molecule has 0 fully saturated rings. The topological polar surface area (TPSA) is 46.0 Å². The van der Waals surface area contributed by atoms with Crippen molar-refractivity contribution in [2.24, 2.45) is 9.98 Å². The smallest absolute Gasteiger partial charge is 0.264 e. The molecule has 0 aromatic rings. The molecule has 1 N–H and O–H groups in total. The van der Waals surface area contributed by atoms with Crippen molar-refractivity contribution in [3.63, 3.8) is 0 Å². The van der Waals surface area contributed by atoms with E-state index < -0.39 is 0 Å². The number of aliphatic imine (C=N–C) groups is 2. The molecule has 0 aromatic heterocycles. The highest BCUT2D eigenvalue weighted by Crippen LogP contribution is 2.08. The summed E-state index contributed by atoms with van der Waals surface area (Å²) in [5.41, 5.74) is 3.50. The summed E-state index contributed by atoms with van der Waals surface area (Å²) in [6, 6.07) is 0. The normalized spacial score (nSPS) is 22.2. The lowest BCUT2D eigenvalue weighted by atomic mass is 10.4. The molecule has 2 aliphatic rings. The predicted molar refractivity (Wildman–Crippen MR) is 33.1 cm³/mol. The van der Waals surface area contributed by atoms with Crippen LogP contribution in [-0.4, -0.2) is 18.8 Å². The number of fused-ring (bicyclic) bond motifs is 1. The van der Waals surface area contributed by atoms with Gasteiger partial charge in [-0.15, -0.1) is 0 Å². The molecule has 0 unspecified atom stereocenters. The van der Waals surface area contributed by atoms with E-state index >= 15 is 0 Å². The van der Waals surface area contributed by atoms with Crippen molar-refractivity contribution < 1.29 is 4.84 Å². The zero-order valence-electron chi connectivity index (χ0n) is 4.66. The third kappa shape index (κ3) is 0.639. The SMILES string of the molecule is C1=NC2=CCNOC2=N1. The van der Waals surface area contributed by atoms with Gasteiger partial charge in [-0.05, 0) is 6.08 Å². The summed E-state index contributed by atoms with van der Waals surface area (Å²) >= 11 is 0. The van der Waals surface area contributed by atoms with Gasteiger partial charge in [0, 0.05) is 0 Å². The number of hydrogen-bond acceptors (Lipinski definition) is 4. The van der Waals surface area contributed by atoms with E-state index in [0.717, 1.165) is 5.70 Å². The molecule has 4 nitrogen and oxygen atoms in total. The summed E-state index contributed by atoms with van der Waals surface area (Å²) in [6.45, 7) is 0.700. The van der Waals surface area contributed by atoms with Crippen molar-refractivity contribution in [3.05, 3.63) is 11.8 Å². The molecule has 0 bridgehead atoms. The Labute approximate surface area is 51.9 Å². The van der Waals surface area contributed by atoms with E-state index in [0.29, 0.717) is 12.4 Å². The zero-order valence-corrected chi connectivity index (χ0v) is 4.66. The van der Waals surface area contributed by atoms with Crippen LogP contribution in [0.15, 0.2) is 21.8 Å². The van der Waals surface area contributed by atoms with Gasteiger partial charge in [-0.1, -0.05) is 0 Å². The van der Waals surface area contributed by atoms with Crippen LogP contribution in [0.1, 0.15) is 0 Å². The lowest BCUT2D eigenvalue weighted by Gasteiger charge is -2.09. The maximum Gasteiger partial charge on any atom is 0.264 e. The number of hydrogen-bond donors (Lipinski definition) is 1. The van der Waals surface area contributed by atoms with Crippen LogP contribution in [0.5, 0.6) is 0 Å². The number of hydroxylamine groups is 1. The average Bonchev–Trinajstić information content (AvgIpc) is 2.33. The molecular formula is C5H5N3O. The van der Waals surface area contributed by atoms with Crippen molar-refractivity contribution in [2.45, 2.75) is 0 Å². The maximum atomic E-state index is 4.91. The molecule has 0 aromatic carbocycles. The second-order valence-electron chi connectivity index (χ2n) is 1.72. The van der Waals surface area contributed by atoms with Crippen LogP contribution < -0.4 is 5.48 Å². The van der Waals surface area contributed by atoms with Crippen molar-refractivity contribution >= 4 is 12.2 Å². The van der Waals surface area contributed by atoms with E-state index in [-0.39, 0.29) is 0 Å². The summed E-state index contributed by atoms with van der Waals surface area (Å²) in [4.78, 5) is 12.7. The minimum atomic E-state index is 0.571. The fourth-order valence-electron chi connectivity index (χ4n) is 0.732. The highest BCUT2D eigenvalue weighted by Gasteiger charge is 2.14. The third-order valence-corrected chi connectivity index (χ3v) is 1.14. The van der Waals surface area contributed by atoms with Gasteiger partial charge in [-0.2, -0.15) is 10.5 Å². The highest BCUT2D eigenvalue weighted by atomic mass is 16.7. The van der Waals surface area contributed by atoms with E-state index in [9.17, 15) is 0 Å². The highest BCUT2D eigenvalue weighted by molar-refractivity contribution is 6.02. The number of nitrogens with zero attached hydrogens (tertiary/aromatic N) is 2. The Bertz CT molecular complexity index is 216. The van der Waals surface area contributed by atoms with Gasteiger partial charge >= 0.3 is 0 Å². The minimum Gasteiger partial charge on any atom is -0.386 e. The third-order valence-electron chi connectivity index (χ3n) is 1.14. The second-order valence-corrected chi connectivity index (χ2v) is 1.72. The Morgan fingerprint density at radius 1 is 1.67 bits per heavy atom. The van der Waals surface area contributed by atoms with E-state index in [2.05, 4.69) is 15.5 Å². The maximum absolute atomic E-state index is 4.91. The Hall–Kier alpha value is -1.16. The van der Waals surface area contributed by atoms with Gasteiger partial charge in [-0.25, -0.2) is 4.99 Å². The van der Waals surface area contributed by atoms with E-state index in [1.165, 1.54) is 6.34 Å². The minimum absolute atomic E-state index is 0.571. The second kappa shape index (κ2) is 1.66. The average molecular weight is 123 g/mol. The lowest BCUT2D eigenvalue weighted by molar-refractivity contribution is 0.189. The van der Waals surface area contributed by atoms with Crippen molar-refractivity contribution in [1.82, 2.24) is 5.48 Å². The van der Waals surface area contributed by atoms with Crippen LogP contribution in [0.3, 0.4) is 0 Å². The largest absolute Gasteiger partial charge is 0.386 e. The molecule has 4 heteroatoms. The first-order valence-corrected chi connectivity index (χ1v) is 2.67. The van der Waals surface area contributed by atoms with E-state index in [1.54, 1.807) is 0 Å². The molecule has 0 atom stereocenters. The molecule has 0 saturated heterocycles. The van der Waals surface area contributed by atoms with Gasteiger partial charge in [0.25, 0.3) is 5.90 Å². The van der Waals surface area contributed by atoms with Gasteiger partial charge in [-0.3, -0.25) is 0 Å². The van der Waals surface area contributed by atoms with Gasteiger partial charge in [0.15, 0.2) is 0 Å². The van der Waals surface area contributed by atoms with Crippen LogP contribution in [0.25, 0.3) is 0 Å². The summed E-state index contributed by atoms with van der Waals surface area (Å²) in [6.07, 6.45) is 3.40. The van der Waals surface area contributed by atoms with Gasteiger partial charge in [0.05, 0.1) is 6.54 Å². The number of nitrogens with one attached hydrogen (secondary N) is 1. The molecule has 2 rings (SSSR count). The molecule has 0 spiro atoms. The quantitative estimate of drug-likeness (QED) is 0.486. The Kier molecular flexibility index (Phi) is 0.868. The Balaban J connectivity index is 2.38.